The molecule has 102 valence electrons. The Morgan fingerprint density at radius 3 is 2.50 bits per heavy atom. The topological polar surface area (TPSA) is 20.3 Å². The number of β-lactam (4-membered cyclic amide) rings is 1. The Bertz CT molecular complexity index is 644. The number of benzene rings is 2. The van der Waals surface area contributed by atoms with Gasteiger partial charge in [-0.15, -0.1) is 0 Å². The Morgan fingerprint density at radius 1 is 1.10 bits per heavy atom. The van der Waals surface area contributed by atoms with Crippen molar-refractivity contribution in [2.45, 2.75) is 10.9 Å². The van der Waals surface area contributed by atoms with E-state index in [0.717, 1.165) is 15.6 Å². The number of rotatable bonds is 3. The second-order valence-electron chi connectivity index (χ2n) is 4.96. The molecule has 1 aliphatic heterocycles. The van der Waals surface area contributed by atoms with Crippen molar-refractivity contribution in [3.8, 4) is 0 Å². The second kappa shape index (κ2) is 5.34. The van der Waals surface area contributed by atoms with E-state index in [2.05, 4.69) is 31.9 Å². The van der Waals surface area contributed by atoms with Crippen LogP contribution in [0, 0.1) is 0 Å². The zero-order valence-electron chi connectivity index (χ0n) is 10.7. The maximum absolute atomic E-state index is 12.5. The van der Waals surface area contributed by atoms with Crippen molar-refractivity contribution in [1.29, 1.82) is 0 Å². The van der Waals surface area contributed by atoms with Crippen LogP contribution in [0.4, 0.5) is 0 Å². The van der Waals surface area contributed by atoms with Gasteiger partial charge in [0, 0.05) is 17.6 Å². The summed E-state index contributed by atoms with van der Waals surface area (Å²) in [7, 11) is 0. The van der Waals surface area contributed by atoms with Crippen LogP contribution in [0.15, 0.2) is 59.1 Å². The van der Waals surface area contributed by atoms with Crippen LogP contribution in [0.1, 0.15) is 11.1 Å². The lowest BCUT2D eigenvalue weighted by atomic mass is 9.89. The number of hydrogen-bond acceptors (Lipinski definition) is 1. The summed E-state index contributed by atoms with van der Waals surface area (Å²) in [5.74, 6) is 0.124. The number of nitrogens with zero attached hydrogens (tertiary/aromatic N) is 1. The molecular weight excluding hydrogens is 382 g/mol. The van der Waals surface area contributed by atoms with Crippen LogP contribution >= 0.6 is 31.9 Å². The molecule has 1 heterocycles. The zero-order chi connectivity index (χ0) is 14.2. The van der Waals surface area contributed by atoms with Gasteiger partial charge in [-0.1, -0.05) is 74.3 Å². The van der Waals surface area contributed by atoms with Crippen LogP contribution < -0.4 is 0 Å². The van der Waals surface area contributed by atoms with E-state index >= 15 is 0 Å². The molecule has 4 heteroatoms. The van der Waals surface area contributed by atoms with Gasteiger partial charge >= 0.3 is 0 Å². The summed E-state index contributed by atoms with van der Waals surface area (Å²) >= 11 is 7.07. The molecule has 0 radical (unpaired) electrons. The van der Waals surface area contributed by atoms with Crippen LogP contribution in [0.5, 0.6) is 0 Å². The molecule has 2 aromatic rings. The summed E-state index contributed by atoms with van der Waals surface area (Å²) in [5.41, 5.74) is 2.16. The quantitative estimate of drug-likeness (QED) is 0.567. The van der Waals surface area contributed by atoms with Crippen molar-refractivity contribution in [2.24, 2.45) is 0 Å². The molecule has 0 spiro atoms. The van der Waals surface area contributed by atoms with Crippen molar-refractivity contribution < 1.29 is 4.79 Å². The Hall–Kier alpha value is -1.13. The van der Waals surface area contributed by atoms with Gasteiger partial charge in [-0.05, 0) is 23.3 Å². The van der Waals surface area contributed by atoms with Gasteiger partial charge in [-0.25, -0.2) is 0 Å². The van der Waals surface area contributed by atoms with Crippen LogP contribution in [-0.2, 0) is 15.7 Å². The molecule has 3 rings (SSSR count). The zero-order valence-corrected chi connectivity index (χ0v) is 13.9. The number of carbonyl (C=O) groups excluding carboxylic acids is 1. The van der Waals surface area contributed by atoms with Gasteiger partial charge in [0.1, 0.15) is 4.32 Å². The summed E-state index contributed by atoms with van der Waals surface area (Å²) in [6.07, 6.45) is 0. The molecule has 1 amide bonds. The normalized spacial score (nSPS) is 21.7. The van der Waals surface area contributed by atoms with Crippen LogP contribution in [0.3, 0.4) is 0 Å². The molecule has 20 heavy (non-hydrogen) atoms. The number of halogens is 2. The molecule has 2 aromatic carbocycles. The van der Waals surface area contributed by atoms with E-state index in [1.165, 1.54) is 0 Å². The number of hydrogen-bond donors (Lipinski definition) is 0. The van der Waals surface area contributed by atoms with Crippen molar-refractivity contribution in [3.63, 3.8) is 0 Å². The lowest BCUT2D eigenvalue weighted by molar-refractivity contribution is -0.145. The molecule has 1 aliphatic rings. The Balaban J connectivity index is 1.75. The van der Waals surface area contributed by atoms with Crippen LogP contribution in [-0.4, -0.2) is 17.4 Å². The van der Waals surface area contributed by atoms with E-state index in [1.807, 2.05) is 59.5 Å². The Morgan fingerprint density at radius 2 is 1.85 bits per heavy atom. The molecule has 1 unspecified atom stereocenters. The average molecular weight is 395 g/mol. The molecule has 0 aromatic heterocycles. The fraction of sp³-hybridized carbons (Fsp3) is 0.188. The van der Waals surface area contributed by atoms with Gasteiger partial charge in [0.25, 0.3) is 0 Å². The minimum absolute atomic E-state index is 0.124. The summed E-state index contributed by atoms with van der Waals surface area (Å²) in [6, 6.07) is 18.0. The van der Waals surface area contributed by atoms with Gasteiger partial charge in [0.2, 0.25) is 5.91 Å². The molecule has 1 atom stereocenters. The largest absolute Gasteiger partial charge is 0.335 e. The number of likely N-dealkylation sites (tertiary alicyclic amines) is 1. The Kier molecular flexibility index (Phi) is 3.69. The molecule has 0 saturated carbocycles. The van der Waals surface area contributed by atoms with E-state index in [0.29, 0.717) is 13.1 Å². The molecule has 1 fully saturated rings. The number of carbonyl (C=O) groups is 1. The third-order valence-corrected chi connectivity index (χ3v) is 5.07. The van der Waals surface area contributed by atoms with Crippen LogP contribution in [0.2, 0.25) is 0 Å². The fourth-order valence-electron chi connectivity index (χ4n) is 2.44. The van der Waals surface area contributed by atoms with E-state index < -0.39 is 4.32 Å². The van der Waals surface area contributed by atoms with E-state index in [4.69, 9.17) is 0 Å². The molecule has 0 bridgehead atoms. The first-order chi connectivity index (χ1) is 9.59. The molecule has 1 saturated heterocycles. The highest BCUT2D eigenvalue weighted by molar-refractivity contribution is 9.10. The number of alkyl halides is 1. The third-order valence-electron chi connectivity index (χ3n) is 3.53. The SMILES string of the molecule is O=C1N(Cc2ccccc2)CC1(Br)c1cccc(Br)c1. The standard InChI is InChI=1S/C16H13Br2NO/c17-14-8-4-7-13(9-14)16(18)11-19(15(16)20)10-12-5-2-1-3-6-12/h1-9H,10-11H2. The average Bonchev–Trinajstić information content (AvgIpc) is 2.47. The Labute approximate surface area is 135 Å². The van der Waals surface area contributed by atoms with Gasteiger partial charge in [0.15, 0.2) is 0 Å². The van der Waals surface area contributed by atoms with Gasteiger partial charge < -0.3 is 4.90 Å². The highest BCUT2D eigenvalue weighted by atomic mass is 79.9. The van der Waals surface area contributed by atoms with Crippen molar-refractivity contribution in [3.05, 3.63) is 70.2 Å². The smallest absolute Gasteiger partial charge is 0.246 e. The molecule has 0 aliphatic carbocycles. The van der Waals surface area contributed by atoms with Crippen molar-refractivity contribution in [1.82, 2.24) is 4.90 Å². The van der Waals surface area contributed by atoms with E-state index in [1.54, 1.807) is 0 Å². The van der Waals surface area contributed by atoms with E-state index in [9.17, 15) is 4.79 Å². The first-order valence-electron chi connectivity index (χ1n) is 6.38. The lowest BCUT2D eigenvalue weighted by Gasteiger charge is -2.45. The fourth-order valence-corrected chi connectivity index (χ4v) is 3.64. The van der Waals surface area contributed by atoms with Gasteiger partial charge in [-0.2, -0.15) is 0 Å². The van der Waals surface area contributed by atoms with Crippen LogP contribution in [0.25, 0.3) is 0 Å². The first kappa shape index (κ1) is 13.8. The summed E-state index contributed by atoms with van der Waals surface area (Å²) in [5, 5.41) is 0. The summed E-state index contributed by atoms with van der Waals surface area (Å²) in [6.45, 7) is 1.36. The minimum atomic E-state index is -0.564. The number of amides is 1. The second-order valence-corrected chi connectivity index (χ2v) is 7.23. The molecular formula is C16H13Br2NO. The van der Waals surface area contributed by atoms with Crippen molar-refractivity contribution >= 4 is 37.8 Å². The maximum atomic E-state index is 12.5. The van der Waals surface area contributed by atoms with E-state index in [-0.39, 0.29) is 5.91 Å². The minimum Gasteiger partial charge on any atom is -0.335 e. The highest BCUT2D eigenvalue weighted by Crippen LogP contribution is 2.43. The summed E-state index contributed by atoms with van der Waals surface area (Å²) in [4.78, 5) is 14.3. The molecule has 0 N–H and O–H groups in total. The monoisotopic (exact) mass is 393 g/mol. The van der Waals surface area contributed by atoms with Crippen molar-refractivity contribution in [2.75, 3.05) is 6.54 Å². The molecule has 2 nitrogen and oxygen atoms in total. The highest BCUT2D eigenvalue weighted by Gasteiger charge is 2.51. The predicted molar refractivity (Wildman–Crippen MR) is 86.6 cm³/mol. The maximum Gasteiger partial charge on any atom is 0.246 e. The third kappa shape index (κ3) is 2.42. The first-order valence-corrected chi connectivity index (χ1v) is 7.96. The lowest BCUT2D eigenvalue weighted by Crippen LogP contribution is -2.60. The summed E-state index contributed by atoms with van der Waals surface area (Å²) < 4.78 is 0.425. The van der Waals surface area contributed by atoms with Gasteiger partial charge in [-0.3, -0.25) is 4.79 Å². The predicted octanol–water partition coefficient (Wildman–Crippen LogP) is 4.08. The van der Waals surface area contributed by atoms with Gasteiger partial charge in [0.05, 0.1) is 0 Å².